The van der Waals surface area contributed by atoms with E-state index >= 15 is 0 Å². The average molecular weight is 288 g/mol. The van der Waals surface area contributed by atoms with Crippen molar-refractivity contribution < 1.29 is 9.13 Å². The maximum atomic E-state index is 14.0. The predicted molar refractivity (Wildman–Crippen MR) is 81.9 cm³/mol. The lowest BCUT2D eigenvalue weighted by Crippen LogP contribution is -2.37. The molecular weight excluding hydrogens is 267 g/mol. The first-order chi connectivity index (χ1) is 9.86. The van der Waals surface area contributed by atoms with E-state index in [0.29, 0.717) is 12.0 Å². The summed E-state index contributed by atoms with van der Waals surface area (Å²) in [5.41, 5.74) is 8.76. The number of nitrogens with zero attached hydrogens (tertiary/aromatic N) is 1. The summed E-state index contributed by atoms with van der Waals surface area (Å²) in [4.78, 5) is 4.44. The molecule has 21 heavy (non-hydrogen) atoms. The van der Waals surface area contributed by atoms with Gasteiger partial charge in [-0.2, -0.15) is 0 Å². The van der Waals surface area contributed by atoms with Gasteiger partial charge in [-0.3, -0.25) is 4.98 Å². The van der Waals surface area contributed by atoms with Crippen molar-refractivity contribution in [1.82, 2.24) is 4.98 Å². The maximum Gasteiger partial charge on any atom is 0.128 e. The minimum atomic E-state index is -0.830. The number of methoxy groups -OCH3 is 1. The van der Waals surface area contributed by atoms with Crippen molar-refractivity contribution in [1.29, 1.82) is 0 Å². The SMILES string of the molecule is COc1c(C)cnc(CC(C)(N)c2ccccc2F)c1C. The van der Waals surface area contributed by atoms with Gasteiger partial charge in [0.05, 0.1) is 7.11 Å². The molecule has 0 fully saturated rings. The van der Waals surface area contributed by atoms with E-state index < -0.39 is 5.54 Å². The van der Waals surface area contributed by atoms with Crippen LogP contribution >= 0.6 is 0 Å². The van der Waals surface area contributed by atoms with E-state index in [-0.39, 0.29) is 5.82 Å². The topological polar surface area (TPSA) is 48.1 Å². The van der Waals surface area contributed by atoms with Crippen molar-refractivity contribution >= 4 is 0 Å². The second-order valence-electron chi connectivity index (χ2n) is 5.62. The Morgan fingerprint density at radius 2 is 1.95 bits per heavy atom. The van der Waals surface area contributed by atoms with Gasteiger partial charge in [0.15, 0.2) is 0 Å². The lowest BCUT2D eigenvalue weighted by molar-refractivity contribution is 0.403. The Morgan fingerprint density at radius 1 is 1.29 bits per heavy atom. The number of hydrogen-bond acceptors (Lipinski definition) is 3. The van der Waals surface area contributed by atoms with Gasteiger partial charge in [-0.05, 0) is 26.8 Å². The van der Waals surface area contributed by atoms with E-state index in [1.807, 2.05) is 20.8 Å². The van der Waals surface area contributed by atoms with Gasteiger partial charge >= 0.3 is 0 Å². The molecule has 0 bridgehead atoms. The molecule has 0 saturated carbocycles. The number of hydrogen-bond donors (Lipinski definition) is 1. The van der Waals surface area contributed by atoms with E-state index in [1.54, 1.807) is 31.5 Å². The second kappa shape index (κ2) is 5.82. The van der Waals surface area contributed by atoms with Crippen molar-refractivity contribution in [3.05, 3.63) is 58.7 Å². The molecule has 112 valence electrons. The summed E-state index contributed by atoms with van der Waals surface area (Å²) in [6.45, 7) is 5.71. The van der Waals surface area contributed by atoms with Crippen LogP contribution in [0.4, 0.5) is 4.39 Å². The monoisotopic (exact) mass is 288 g/mol. The fraction of sp³-hybridized carbons (Fsp3) is 0.353. The molecule has 0 aliphatic carbocycles. The summed E-state index contributed by atoms with van der Waals surface area (Å²) in [5.74, 6) is 0.517. The molecule has 4 heteroatoms. The fourth-order valence-electron chi connectivity index (χ4n) is 2.62. The molecule has 1 aromatic heterocycles. The van der Waals surface area contributed by atoms with E-state index in [0.717, 1.165) is 22.6 Å². The number of aryl methyl sites for hydroxylation is 1. The molecule has 1 heterocycles. The van der Waals surface area contributed by atoms with Gasteiger partial charge in [-0.15, -0.1) is 0 Å². The highest BCUT2D eigenvalue weighted by atomic mass is 19.1. The fourth-order valence-corrected chi connectivity index (χ4v) is 2.62. The first kappa shape index (κ1) is 15.4. The summed E-state index contributed by atoms with van der Waals surface area (Å²) >= 11 is 0. The van der Waals surface area contributed by atoms with Crippen LogP contribution in [0.25, 0.3) is 0 Å². The number of halogens is 1. The van der Waals surface area contributed by atoms with Gasteiger partial charge in [-0.1, -0.05) is 18.2 Å². The molecule has 1 aromatic carbocycles. The van der Waals surface area contributed by atoms with Crippen molar-refractivity contribution in [2.45, 2.75) is 32.7 Å². The van der Waals surface area contributed by atoms with E-state index in [4.69, 9.17) is 10.5 Å². The standard InChI is InChI=1S/C17H21FN2O/c1-11-10-20-15(12(2)16(11)21-4)9-17(3,19)13-7-5-6-8-14(13)18/h5-8,10H,9,19H2,1-4H3. The van der Waals surface area contributed by atoms with Gasteiger partial charge in [0, 0.05) is 40.5 Å². The predicted octanol–water partition coefficient (Wildman–Crippen LogP) is 3.26. The zero-order valence-corrected chi connectivity index (χ0v) is 12.9. The quantitative estimate of drug-likeness (QED) is 0.939. The van der Waals surface area contributed by atoms with Gasteiger partial charge in [-0.25, -0.2) is 4.39 Å². The number of ether oxygens (including phenoxy) is 1. The van der Waals surface area contributed by atoms with Crippen LogP contribution < -0.4 is 10.5 Å². The molecule has 0 aliphatic heterocycles. The Balaban J connectivity index is 2.40. The number of aromatic nitrogens is 1. The third-order valence-corrected chi connectivity index (χ3v) is 3.77. The molecule has 1 atom stereocenters. The van der Waals surface area contributed by atoms with Gasteiger partial charge in [0.1, 0.15) is 11.6 Å². The van der Waals surface area contributed by atoms with Crippen LogP contribution in [0.5, 0.6) is 5.75 Å². The first-order valence-corrected chi connectivity index (χ1v) is 6.89. The van der Waals surface area contributed by atoms with Crippen molar-refractivity contribution in [2.75, 3.05) is 7.11 Å². The Bertz CT molecular complexity index is 653. The third kappa shape index (κ3) is 3.05. The summed E-state index contributed by atoms with van der Waals surface area (Å²) in [6.07, 6.45) is 2.20. The highest BCUT2D eigenvalue weighted by Crippen LogP contribution is 2.29. The van der Waals surface area contributed by atoms with Crippen molar-refractivity contribution in [3.63, 3.8) is 0 Å². The summed E-state index contributed by atoms with van der Waals surface area (Å²) in [6, 6.07) is 6.60. The van der Waals surface area contributed by atoms with Gasteiger partial charge in [0.25, 0.3) is 0 Å². The van der Waals surface area contributed by atoms with Crippen LogP contribution in [-0.2, 0) is 12.0 Å². The Kier molecular flexibility index (Phi) is 4.28. The van der Waals surface area contributed by atoms with E-state index in [2.05, 4.69) is 4.98 Å². The highest BCUT2D eigenvalue weighted by molar-refractivity contribution is 5.42. The molecular formula is C17H21FN2O. The second-order valence-corrected chi connectivity index (χ2v) is 5.62. The average Bonchev–Trinajstić information content (AvgIpc) is 2.43. The van der Waals surface area contributed by atoms with Crippen LogP contribution in [0.2, 0.25) is 0 Å². The largest absolute Gasteiger partial charge is 0.496 e. The minimum absolute atomic E-state index is 0.292. The Morgan fingerprint density at radius 3 is 2.57 bits per heavy atom. The van der Waals surface area contributed by atoms with E-state index in [9.17, 15) is 4.39 Å². The molecule has 3 nitrogen and oxygen atoms in total. The minimum Gasteiger partial charge on any atom is -0.496 e. The third-order valence-electron chi connectivity index (χ3n) is 3.77. The van der Waals surface area contributed by atoms with Crippen LogP contribution in [0, 0.1) is 19.7 Å². The number of rotatable bonds is 4. The number of nitrogens with two attached hydrogens (primary N) is 1. The number of benzene rings is 1. The number of pyridine rings is 1. The van der Waals surface area contributed by atoms with Crippen LogP contribution in [0.15, 0.2) is 30.5 Å². The Labute approximate surface area is 125 Å². The van der Waals surface area contributed by atoms with Crippen LogP contribution in [0.3, 0.4) is 0 Å². The molecule has 0 amide bonds. The molecule has 0 saturated heterocycles. The summed E-state index contributed by atoms with van der Waals surface area (Å²) in [5, 5.41) is 0. The zero-order chi connectivity index (χ0) is 15.6. The normalized spacial score (nSPS) is 13.8. The molecule has 0 spiro atoms. The lowest BCUT2D eigenvalue weighted by atomic mass is 9.86. The molecule has 2 rings (SSSR count). The molecule has 0 aliphatic rings. The highest BCUT2D eigenvalue weighted by Gasteiger charge is 2.27. The summed E-state index contributed by atoms with van der Waals surface area (Å²) < 4.78 is 19.4. The van der Waals surface area contributed by atoms with Crippen LogP contribution in [0.1, 0.15) is 29.3 Å². The van der Waals surface area contributed by atoms with E-state index in [1.165, 1.54) is 6.07 Å². The Hall–Kier alpha value is -1.94. The molecule has 2 aromatic rings. The first-order valence-electron chi connectivity index (χ1n) is 6.89. The molecule has 0 radical (unpaired) electrons. The molecule has 2 N–H and O–H groups in total. The van der Waals surface area contributed by atoms with Crippen molar-refractivity contribution in [3.8, 4) is 5.75 Å². The van der Waals surface area contributed by atoms with Gasteiger partial charge < -0.3 is 10.5 Å². The lowest BCUT2D eigenvalue weighted by Gasteiger charge is -2.26. The van der Waals surface area contributed by atoms with Crippen LogP contribution in [-0.4, -0.2) is 12.1 Å². The summed E-state index contributed by atoms with van der Waals surface area (Å²) in [7, 11) is 1.64. The zero-order valence-electron chi connectivity index (χ0n) is 12.9. The smallest absolute Gasteiger partial charge is 0.128 e. The van der Waals surface area contributed by atoms with Crippen molar-refractivity contribution in [2.24, 2.45) is 5.73 Å². The maximum absolute atomic E-state index is 14.0. The molecule has 1 unspecified atom stereocenters. The van der Waals surface area contributed by atoms with Gasteiger partial charge in [0.2, 0.25) is 0 Å².